The van der Waals surface area contributed by atoms with Crippen molar-refractivity contribution in [2.45, 2.75) is 57.7 Å². The van der Waals surface area contributed by atoms with Crippen LogP contribution in [0.3, 0.4) is 0 Å². The first-order chi connectivity index (χ1) is 21.8. The molecule has 0 bridgehead atoms. The van der Waals surface area contributed by atoms with E-state index >= 15 is 0 Å². The van der Waals surface area contributed by atoms with Gasteiger partial charge in [-0.1, -0.05) is 36.4 Å². The number of hydrogen-bond donors (Lipinski definition) is 3. The molecular weight excluding hydrogens is 618 g/mol. The number of unbranched alkanes of at least 4 members (excludes halogenated alkanes) is 1. The molecule has 1 aromatic heterocycles. The van der Waals surface area contributed by atoms with Gasteiger partial charge in [0.1, 0.15) is 17.3 Å². The summed E-state index contributed by atoms with van der Waals surface area (Å²) in [5.74, 6) is -1.28. The highest BCUT2D eigenvalue weighted by Gasteiger charge is 2.31. The second-order valence-corrected chi connectivity index (χ2v) is 10.1. The van der Waals surface area contributed by atoms with E-state index in [1.54, 1.807) is 12.3 Å². The molecule has 1 heterocycles. The molecule has 0 aliphatic rings. The van der Waals surface area contributed by atoms with Gasteiger partial charge in [-0.2, -0.15) is 0 Å². The molecule has 2 amide bonds. The number of nitrogens with zero attached hydrogens (tertiary/aromatic N) is 1. The van der Waals surface area contributed by atoms with Crippen molar-refractivity contribution in [2.24, 2.45) is 0 Å². The molecule has 3 aromatic rings. The number of halogens is 6. The Kier molecular flexibility index (Phi) is 13.1. The average Bonchev–Trinajstić information content (AvgIpc) is 2.95. The summed E-state index contributed by atoms with van der Waals surface area (Å²) >= 11 is 0. The van der Waals surface area contributed by atoms with Gasteiger partial charge in [-0.25, -0.2) is 4.98 Å². The van der Waals surface area contributed by atoms with Crippen LogP contribution >= 0.6 is 0 Å². The molecule has 0 saturated carbocycles. The van der Waals surface area contributed by atoms with Gasteiger partial charge in [0.15, 0.2) is 0 Å². The van der Waals surface area contributed by atoms with Gasteiger partial charge in [-0.05, 0) is 84.7 Å². The van der Waals surface area contributed by atoms with Crippen molar-refractivity contribution in [3.8, 4) is 11.5 Å². The Morgan fingerprint density at radius 1 is 0.804 bits per heavy atom. The third-order valence-electron chi connectivity index (χ3n) is 6.32. The summed E-state index contributed by atoms with van der Waals surface area (Å²) < 4.78 is 82.2. The Hall–Kier alpha value is -4.88. The zero-order valence-electron chi connectivity index (χ0n) is 24.5. The predicted octanol–water partition coefficient (Wildman–Crippen LogP) is 7.10. The SMILES string of the molecule is N=C/C(=C\CCNC(=O)Cc1cccc(OC(F)(F)F)c1)CCCCc1ccc(NC(=O)Cc2cccc(OC(F)(F)F)c2)nc1. The standard InChI is InChI=1S/C32H32F6N4O4/c33-31(34,35)45-26-11-3-8-24(16-26)18-29(43)40-15-5-10-22(20-39)6-1-2-7-23-13-14-28(41-21-23)42-30(44)19-25-9-4-12-27(17-25)46-32(36,37)38/h3-4,8-14,16-17,20-21,39H,1-2,5-7,15,18-19H2,(H,40,43)(H,41,42,44)/b22-10-,39-20?. The van der Waals surface area contributed by atoms with Crippen molar-refractivity contribution in [2.75, 3.05) is 11.9 Å². The topological polar surface area (TPSA) is 113 Å². The maximum Gasteiger partial charge on any atom is 0.573 e. The molecule has 0 atom stereocenters. The molecule has 2 aromatic carbocycles. The summed E-state index contributed by atoms with van der Waals surface area (Å²) in [5.41, 5.74) is 2.47. The Labute approximate surface area is 261 Å². The van der Waals surface area contributed by atoms with Crippen LogP contribution in [0.1, 0.15) is 42.4 Å². The number of allylic oxidation sites excluding steroid dienone is 1. The number of alkyl halides is 6. The van der Waals surface area contributed by atoms with Gasteiger partial charge in [0.25, 0.3) is 0 Å². The lowest BCUT2D eigenvalue weighted by molar-refractivity contribution is -0.275. The van der Waals surface area contributed by atoms with Crippen LogP contribution in [0.2, 0.25) is 0 Å². The van der Waals surface area contributed by atoms with Crippen LogP contribution in [0.15, 0.2) is 78.5 Å². The van der Waals surface area contributed by atoms with Crippen molar-refractivity contribution in [1.82, 2.24) is 10.3 Å². The maximum absolute atomic E-state index is 12.4. The number of anilines is 1. The molecule has 0 unspecified atom stereocenters. The quantitative estimate of drug-likeness (QED) is 0.0870. The van der Waals surface area contributed by atoms with E-state index < -0.39 is 30.1 Å². The number of benzene rings is 2. The minimum absolute atomic E-state index is 0.100. The third kappa shape index (κ3) is 14.3. The lowest BCUT2D eigenvalue weighted by atomic mass is 10.0. The number of rotatable bonds is 16. The lowest BCUT2D eigenvalue weighted by Crippen LogP contribution is -2.26. The van der Waals surface area contributed by atoms with Crippen LogP contribution in [-0.4, -0.2) is 42.3 Å². The number of carbonyl (C=O) groups excluding carboxylic acids is 2. The van der Waals surface area contributed by atoms with Crippen LogP contribution in [0.4, 0.5) is 32.2 Å². The summed E-state index contributed by atoms with van der Waals surface area (Å²) in [7, 11) is 0. The second kappa shape index (κ2) is 17.0. The van der Waals surface area contributed by atoms with Crippen LogP contribution in [-0.2, 0) is 28.9 Å². The van der Waals surface area contributed by atoms with Gasteiger partial charge in [0, 0.05) is 19.0 Å². The van der Waals surface area contributed by atoms with Gasteiger partial charge < -0.3 is 25.5 Å². The molecule has 0 spiro atoms. The van der Waals surface area contributed by atoms with Crippen molar-refractivity contribution >= 4 is 23.8 Å². The molecule has 246 valence electrons. The van der Waals surface area contributed by atoms with Crippen molar-refractivity contribution in [3.63, 3.8) is 0 Å². The van der Waals surface area contributed by atoms with Crippen molar-refractivity contribution in [3.05, 3.63) is 95.2 Å². The lowest BCUT2D eigenvalue weighted by Gasteiger charge is -2.10. The summed E-state index contributed by atoms with van der Waals surface area (Å²) in [4.78, 5) is 28.7. The number of aromatic nitrogens is 1. The molecule has 0 aliphatic carbocycles. The number of carbonyl (C=O) groups is 2. The average molecular weight is 651 g/mol. The van der Waals surface area contributed by atoms with Gasteiger partial charge in [-0.15, -0.1) is 26.3 Å². The fourth-order valence-corrected chi connectivity index (χ4v) is 4.33. The number of nitrogens with one attached hydrogen (secondary N) is 3. The molecule has 3 N–H and O–H groups in total. The molecule has 14 heteroatoms. The fourth-order valence-electron chi connectivity index (χ4n) is 4.33. The highest BCUT2D eigenvalue weighted by atomic mass is 19.4. The van der Waals surface area contributed by atoms with Crippen molar-refractivity contribution in [1.29, 1.82) is 5.41 Å². The van der Waals surface area contributed by atoms with Crippen LogP contribution in [0.5, 0.6) is 11.5 Å². The van der Waals surface area contributed by atoms with Crippen molar-refractivity contribution < 1.29 is 45.4 Å². The Bertz CT molecular complexity index is 1490. The highest BCUT2D eigenvalue weighted by molar-refractivity contribution is 5.91. The summed E-state index contributed by atoms with van der Waals surface area (Å²) in [6.45, 7) is 0.308. The maximum atomic E-state index is 12.4. The molecular formula is C32H32F6N4O4. The number of pyridine rings is 1. The number of amides is 2. The summed E-state index contributed by atoms with van der Waals surface area (Å²) in [6.07, 6.45) is -1.71. The van der Waals surface area contributed by atoms with E-state index in [0.29, 0.717) is 42.8 Å². The van der Waals surface area contributed by atoms with Gasteiger partial charge >= 0.3 is 12.7 Å². The zero-order valence-corrected chi connectivity index (χ0v) is 24.5. The van der Waals surface area contributed by atoms with Crippen LogP contribution in [0, 0.1) is 5.41 Å². The van der Waals surface area contributed by atoms with E-state index in [4.69, 9.17) is 5.41 Å². The minimum atomic E-state index is -4.82. The molecule has 0 fully saturated rings. The smallest absolute Gasteiger partial charge is 0.406 e. The molecule has 8 nitrogen and oxygen atoms in total. The predicted molar refractivity (Wildman–Crippen MR) is 159 cm³/mol. The summed E-state index contributed by atoms with van der Waals surface area (Å²) in [6, 6.07) is 13.9. The molecule has 0 saturated heterocycles. The highest BCUT2D eigenvalue weighted by Crippen LogP contribution is 2.25. The third-order valence-corrected chi connectivity index (χ3v) is 6.32. The molecule has 3 rings (SSSR count). The van der Waals surface area contributed by atoms with E-state index in [1.807, 2.05) is 12.1 Å². The van der Waals surface area contributed by atoms with Crippen LogP contribution in [0.25, 0.3) is 0 Å². The monoisotopic (exact) mass is 650 g/mol. The second-order valence-electron chi connectivity index (χ2n) is 10.1. The summed E-state index contributed by atoms with van der Waals surface area (Å²) in [5, 5.41) is 13.0. The van der Waals surface area contributed by atoms with E-state index in [0.717, 1.165) is 48.2 Å². The largest absolute Gasteiger partial charge is 0.573 e. The van der Waals surface area contributed by atoms with Gasteiger partial charge in [0.2, 0.25) is 11.8 Å². The number of hydrogen-bond acceptors (Lipinski definition) is 6. The Morgan fingerprint density at radius 2 is 1.41 bits per heavy atom. The van der Waals surface area contributed by atoms with E-state index in [-0.39, 0.29) is 18.7 Å². The van der Waals surface area contributed by atoms with Gasteiger partial charge in [-0.3, -0.25) is 9.59 Å². The minimum Gasteiger partial charge on any atom is -0.406 e. The normalized spacial score (nSPS) is 11.9. The van der Waals surface area contributed by atoms with E-state index in [9.17, 15) is 35.9 Å². The van der Waals surface area contributed by atoms with E-state index in [2.05, 4.69) is 25.1 Å². The Morgan fingerprint density at radius 3 is 1.96 bits per heavy atom. The number of ether oxygens (including phenoxy) is 2. The first-order valence-corrected chi connectivity index (χ1v) is 14.2. The fraction of sp³-hybridized carbons (Fsp3) is 0.312. The number of aryl methyl sites for hydroxylation is 1. The van der Waals surface area contributed by atoms with Gasteiger partial charge in [0.05, 0.1) is 12.8 Å². The first kappa shape index (κ1) is 35.6. The first-order valence-electron chi connectivity index (χ1n) is 14.2. The molecule has 0 aliphatic heterocycles. The van der Waals surface area contributed by atoms with E-state index in [1.165, 1.54) is 30.5 Å². The molecule has 0 radical (unpaired) electrons. The molecule has 46 heavy (non-hydrogen) atoms. The van der Waals surface area contributed by atoms with Crippen LogP contribution < -0.4 is 20.1 Å². The Balaban J connectivity index is 1.33. The zero-order chi connectivity index (χ0) is 33.6.